The van der Waals surface area contributed by atoms with E-state index in [-0.39, 0.29) is 5.82 Å². The van der Waals surface area contributed by atoms with Crippen LogP contribution in [-0.4, -0.2) is 44.5 Å². The van der Waals surface area contributed by atoms with Gasteiger partial charge in [0.05, 0.1) is 0 Å². The molecule has 0 heterocycles. The zero-order chi connectivity index (χ0) is 30.2. The molecule has 2 aromatic rings. The van der Waals surface area contributed by atoms with Crippen molar-refractivity contribution < 1.29 is 13.6 Å². The summed E-state index contributed by atoms with van der Waals surface area (Å²) in [5.41, 5.74) is 7.06. The number of benzene rings is 2. The third kappa shape index (κ3) is 10.9. The standard InChI is InChI=1S/C25H23F2NO.C10H24N2/c1-4-21(26)13-19-7-8-20-14-22(27)9-10-23(20)24(17(19)3)11-18-6-5-16(2)25(12-18)28-15-29;1-4-6-9-12(5-2)10-7-8-11-3/h4-6,9-15H,1,7-8H2,2-3H3,(H,28,29);11H,4-10H2,1-3H3/b21-13+,24-11+;. The minimum atomic E-state index is -0.399. The minimum Gasteiger partial charge on any atom is -0.328 e. The van der Waals surface area contributed by atoms with Crippen LogP contribution in [0.1, 0.15) is 68.7 Å². The number of carbonyl (C=O) groups excluding carboxylic acids is 1. The van der Waals surface area contributed by atoms with Crippen LogP contribution in [0, 0.1) is 12.7 Å². The maximum Gasteiger partial charge on any atom is 0.211 e. The Morgan fingerprint density at radius 2 is 1.83 bits per heavy atom. The highest BCUT2D eigenvalue weighted by atomic mass is 19.1. The first kappa shape index (κ1) is 33.9. The Hall–Kier alpha value is -3.35. The van der Waals surface area contributed by atoms with Gasteiger partial charge in [0.15, 0.2) is 0 Å². The smallest absolute Gasteiger partial charge is 0.211 e. The molecule has 1 aliphatic rings. The van der Waals surface area contributed by atoms with E-state index in [1.165, 1.54) is 57.1 Å². The molecule has 0 saturated heterocycles. The lowest BCUT2D eigenvalue weighted by molar-refractivity contribution is -0.105. The van der Waals surface area contributed by atoms with Crippen molar-refractivity contribution in [3.05, 3.63) is 100 Å². The molecule has 3 rings (SSSR count). The monoisotopic (exact) mass is 563 g/mol. The van der Waals surface area contributed by atoms with E-state index in [0.717, 1.165) is 51.2 Å². The summed E-state index contributed by atoms with van der Waals surface area (Å²) in [6.45, 7) is 16.7. The summed E-state index contributed by atoms with van der Waals surface area (Å²) in [7, 11) is 2.02. The first-order valence-electron chi connectivity index (χ1n) is 14.7. The number of hydrogen-bond acceptors (Lipinski definition) is 3. The molecule has 0 spiro atoms. The Bertz CT molecular complexity index is 1250. The summed E-state index contributed by atoms with van der Waals surface area (Å²) < 4.78 is 27.8. The number of allylic oxidation sites excluding steroid dienone is 6. The Morgan fingerprint density at radius 1 is 1.07 bits per heavy atom. The number of anilines is 1. The third-order valence-electron chi connectivity index (χ3n) is 7.38. The molecule has 0 saturated carbocycles. The zero-order valence-corrected chi connectivity index (χ0v) is 25.5. The second-order valence-corrected chi connectivity index (χ2v) is 10.3. The predicted molar refractivity (Wildman–Crippen MR) is 171 cm³/mol. The molecule has 0 bridgehead atoms. The molecule has 4 nitrogen and oxygen atoms in total. The molecular formula is C35H47F2N3O. The SMILES string of the molecule is C=C/C(F)=C\C1=C(C)C(=C\c2ccc(C)c(NC=O)c2)/c2ccc(F)cc2CC1.CCCCN(CC)CCCNC. The Balaban J connectivity index is 0.000000415. The number of carbonyl (C=O) groups is 1. The van der Waals surface area contributed by atoms with E-state index < -0.39 is 5.83 Å². The maximum atomic E-state index is 13.9. The lowest BCUT2D eigenvalue weighted by Gasteiger charge is -2.19. The molecule has 6 heteroatoms. The van der Waals surface area contributed by atoms with Crippen LogP contribution in [0.3, 0.4) is 0 Å². The number of amides is 1. The normalized spacial score (nSPS) is 14.3. The first-order valence-corrected chi connectivity index (χ1v) is 14.7. The number of unbranched alkanes of at least 4 members (excludes halogenated alkanes) is 1. The van der Waals surface area contributed by atoms with Crippen molar-refractivity contribution in [3.63, 3.8) is 0 Å². The van der Waals surface area contributed by atoms with Crippen LogP contribution in [0.5, 0.6) is 0 Å². The van der Waals surface area contributed by atoms with Crippen molar-refractivity contribution in [2.24, 2.45) is 0 Å². The average Bonchev–Trinajstić information content (AvgIpc) is 3.09. The van der Waals surface area contributed by atoms with Crippen LogP contribution in [0.2, 0.25) is 0 Å². The molecule has 41 heavy (non-hydrogen) atoms. The number of nitrogens with zero attached hydrogens (tertiary/aromatic N) is 1. The predicted octanol–water partition coefficient (Wildman–Crippen LogP) is 8.26. The van der Waals surface area contributed by atoms with Crippen LogP contribution in [0.25, 0.3) is 11.6 Å². The topological polar surface area (TPSA) is 44.4 Å². The van der Waals surface area contributed by atoms with Gasteiger partial charge in [0.1, 0.15) is 11.6 Å². The van der Waals surface area contributed by atoms with Gasteiger partial charge in [0.25, 0.3) is 0 Å². The van der Waals surface area contributed by atoms with Gasteiger partial charge in [0, 0.05) is 5.69 Å². The maximum absolute atomic E-state index is 13.9. The summed E-state index contributed by atoms with van der Waals surface area (Å²) in [5.74, 6) is -0.687. The lowest BCUT2D eigenvalue weighted by Crippen LogP contribution is -2.27. The second kappa shape index (κ2) is 18.2. The van der Waals surface area contributed by atoms with Gasteiger partial charge in [-0.1, -0.05) is 45.0 Å². The van der Waals surface area contributed by atoms with Crippen molar-refractivity contribution in [2.75, 3.05) is 38.5 Å². The number of hydrogen-bond donors (Lipinski definition) is 2. The van der Waals surface area contributed by atoms with Gasteiger partial charge in [-0.15, -0.1) is 0 Å². The fourth-order valence-electron chi connectivity index (χ4n) is 4.86. The molecular weight excluding hydrogens is 516 g/mol. The van der Waals surface area contributed by atoms with Crippen molar-refractivity contribution in [1.82, 2.24) is 10.2 Å². The van der Waals surface area contributed by atoms with Crippen LogP contribution < -0.4 is 10.6 Å². The van der Waals surface area contributed by atoms with Gasteiger partial charge in [-0.3, -0.25) is 4.79 Å². The number of nitrogens with one attached hydrogen (secondary N) is 2. The van der Waals surface area contributed by atoms with Gasteiger partial charge in [0.2, 0.25) is 6.41 Å². The summed E-state index contributed by atoms with van der Waals surface area (Å²) in [4.78, 5) is 13.4. The summed E-state index contributed by atoms with van der Waals surface area (Å²) in [6, 6.07) is 10.5. The molecule has 222 valence electrons. The Kier molecular flexibility index (Phi) is 15.0. The van der Waals surface area contributed by atoms with E-state index in [0.29, 0.717) is 19.3 Å². The number of halogens is 2. The largest absolute Gasteiger partial charge is 0.328 e. The van der Waals surface area contributed by atoms with Crippen LogP contribution in [-0.2, 0) is 11.2 Å². The molecule has 0 fully saturated rings. The fourth-order valence-corrected chi connectivity index (χ4v) is 4.86. The van der Waals surface area contributed by atoms with E-state index >= 15 is 0 Å². The van der Waals surface area contributed by atoms with Gasteiger partial charge < -0.3 is 15.5 Å². The van der Waals surface area contributed by atoms with E-state index in [4.69, 9.17) is 0 Å². The number of aryl methyl sites for hydroxylation is 2. The zero-order valence-electron chi connectivity index (χ0n) is 25.5. The lowest BCUT2D eigenvalue weighted by atomic mass is 9.92. The van der Waals surface area contributed by atoms with E-state index in [1.807, 2.05) is 45.2 Å². The van der Waals surface area contributed by atoms with Crippen LogP contribution in [0.4, 0.5) is 14.5 Å². The molecule has 0 radical (unpaired) electrons. The van der Waals surface area contributed by atoms with Gasteiger partial charge in [-0.25, -0.2) is 8.78 Å². The molecule has 2 aromatic carbocycles. The highest BCUT2D eigenvalue weighted by Gasteiger charge is 2.18. The molecule has 0 atom stereocenters. The first-order chi connectivity index (χ1) is 19.8. The van der Waals surface area contributed by atoms with E-state index in [1.54, 1.807) is 12.1 Å². The van der Waals surface area contributed by atoms with E-state index in [9.17, 15) is 13.6 Å². The van der Waals surface area contributed by atoms with Crippen LogP contribution >= 0.6 is 0 Å². The summed E-state index contributed by atoms with van der Waals surface area (Å²) in [5, 5.41) is 5.88. The number of fused-ring (bicyclic) bond motifs is 1. The van der Waals surface area contributed by atoms with Gasteiger partial charge in [-0.05, 0) is 148 Å². The molecule has 0 aliphatic heterocycles. The van der Waals surface area contributed by atoms with Crippen molar-refractivity contribution in [3.8, 4) is 0 Å². The van der Waals surface area contributed by atoms with Crippen molar-refractivity contribution >= 4 is 23.7 Å². The van der Waals surface area contributed by atoms with Crippen molar-refractivity contribution in [2.45, 2.75) is 59.8 Å². The quantitative estimate of drug-likeness (QED) is 0.146. The average molecular weight is 564 g/mol. The highest BCUT2D eigenvalue weighted by molar-refractivity contribution is 5.93. The molecule has 0 unspecified atom stereocenters. The molecule has 2 N–H and O–H groups in total. The highest BCUT2D eigenvalue weighted by Crippen LogP contribution is 2.37. The Morgan fingerprint density at radius 3 is 2.49 bits per heavy atom. The number of rotatable bonds is 13. The Labute approximate surface area is 245 Å². The summed E-state index contributed by atoms with van der Waals surface area (Å²) >= 11 is 0. The molecule has 0 aromatic heterocycles. The van der Waals surface area contributed by atoms with Crippen LogP contribution in [0.15, 0.2) is 72.1 Å². The molecule has 1 aliphatic carbocycles. The van der Waals surface area contributed by atoms with E-state index in [2.05, 4.69) is 36.0 Å². The van der Waals surface area contributed by atoms with Gasteiger partial charge >= 0.3 is 0 Å². The minimum absolute atomic E-state index is 0.287. The van der Waals surface area contributed by atoms with Gasteiger partial charge in [-0.2, -0.15) is 0 Å². The third-order valence-corrected chi connectivity index (χ3v) is 7.38. The summed E-state index contributed by atoms with van der Waals surface area (Å²) in [6.07, 6.45) is 10.5. The fraction of sp³-hybridized carbons (Fsp3) is 0.400. The van der Waals surface area contributed by atoms with Crippen molar-refractivity contribution in [1.29, 1.82) is 0 Å². The second-order valence-electron chi connectivity index (χ2n) is 10.3. The molecule has 1 amide bonds.